The highest BCUT2D eigenvalue weighted by atomic mass is 16.2. The summed E-state index contributed by atoms with van der Waals surface area (Å²) >= 11 is 0. The Morgan fingerprint density at radius 2 is 2.00 bits per heavy atom. The number of carbonyl (C=O) groups excluding carboxylic acids is 1. The molecule has 1 aromatic heterocycles. The molecule has 23 heavy (non-hydrogen) atoms. The molecule has 0 bridgehead atoms. The summed E-state index contributed by atoms with van der Waals surface area (Å²) in [6.45, 7) is 6.26. The molecule has 2 fully saturated rings. The Morgan fingerprint density at radius 3 is 2.57 bits per heavy atom. The van der Waals surface area contributed by atoms with Crippen LogP contribution in [0.15, 0.2) is 17.1 Å². The molecule has 1 aromatic rings. The van der Waals surface area contributed by atoms with Gasteiger partial charge in [-0.05, 0) is 31.6 Å². The van der Waals surface area contributed by atoms with Crippen LogP contribution in [0.25, 0.3) is 0 Å². The highest BCUT2D eigenvalue weighted by molar-refractivity contribution is 5.78. The highest BCUT2D eigenvalue weighted by Gasteiger charge is 2.24. The lowest BCUT2D eigenvalue weighted by Crippen LogP contribution is -2.46. The SMILES string of the molecule is CC(C)C(=O)NC1CCN(c2cnn(CC3CC3)c(=O)c2)CC1. The summed E-state index contributed by atoms with van der Waals surface area (Å²) in [4.78, 5) is 26.1. The van der Waals surface area contributed by atoms with E-state index < -0.39 is 0 Å². The van der Waals surface area contributed by atoms with Crippen molar-refractivity contribution >= 4 is 11.6 Å². The number of rotatable bonds is 5. The number of nitrogens with one attached hydrogen (secondary N) is 1. The average Bonchev–Trinajstić information content (AvgIpc) is 3.34. The van der Waals surface area contributed by atoms with Crippen molar-refractivity contribution in [3.8, 4) is 0 Å². The number of aromatic nitrogens is 2. The molecular formula is C17H26N4O2. The lowest BCUT2D eigenvalue weighted by Gasteiger charge is -2.34. The Morgan fingerprint density at radius 1 is 1.30 bits per heavy atom. The smallest absolute Gasteiger partial charge is 0.268 e. The summed E-state index contributed by atoms with van der Waals surface area (Å²) in [6, 6.07) is 1.94. The first kappa shape index (κ1) is 16.0. The van der Waals surface area contributed by atoms with Crippen LogP contribution >= 0.6 is 0 Å². The summed E-state index contributed by atoms with van der Waals surface area (Å²) in [5, 5.41) is 7.41. The van der Waals surface area contributed by atoms with Gasteiger partial charge >= 0.3 is 0 Å². The maximum Gasteiger partial charge on any atom is 0.268 e. The van der Waals surface area contributed by atoms with Gasteiger partial charge in [0.15, 0.2) is 0 Å². The average molecular weight is 318 g/mol. The van der Waals surface area contributed by atoms with Crippen LogP contribution in [0.3, 0.4) is 0 Å². The summed E-state index contributed by atoms with van der Waals surface area (Å²) in [6.07, 6.45) is 6.04. The van der Waals surface area contributed by atoms with E-state index in [1.54, 1.807) is 16.9 Å². The fraction of sp³-hybridized carbons (Fsp3) is 0.706. The van der Waals surface area contributed by atoms with Gasteiger partial charge in [-0.1, -0.05) is 13.8 Å². The number of piperidine rings is 1. The van der Waals surface area contributed by atoms with Gasteiger partial charge in [-0.25, -0.2) is 4.68 Å². The molecule has 1 saturated carbocycles. The molecule has 1 amide bonds. The van der Waals surface area contributed by atoms with Crippen molar-refractivity contribution in [2.75, 3.05) is 18.0 Å². The zero-order valence-corrected chi connectivity index (χ0v) is 14.0. The molecule has 0 atom stereocenters. The standard InChI is InChI=1S/C17H26N4O2/c1-12(2)17(23)19-14-5-7-20(8-6-14)15-9-16(22)21(18-10-15)11-13-3-4-13/h9-10,12-14H,3-8,11H2,1-2H3,(H,19,23). The zero-order chi connectivity index (χ0) is 16.4. The summed E-state index contributed by atoms with van der Waals surface area (Å²) in [7, 11) is 0. The van der Waals surface area contributed by atoms with Gasteiger partial charge in [-0.2, -0.15) is 5.10 Å². The largest absolute Gasteiger partial charge is 0.370 e. The Labute approximate surface area is 136 Å². The molecule has 6 nitrogen and oxygen atoms in total. The lowest BCUT2D eigenvalue weighted by molar-refractivity contribution is -0.124. The predicted molar refractivity (Wildman–Crippen MR) is 89.4 cm³/mol. The summed E-state index contributed by atoms with van der Waals surface area (Å²) in [5.74, 6) is 0.787. The molecule has 0 aromatic carbocycles. The van der Waals surface area contributed by atoms with Crippen molar-refractivity contribution < 1.29 is 4.79 Å². The molecule has 0 radical (unpaired) electrons. The monoisotopic (exact) mass is 318 g/mol. The van der Waals surface area contributed by atoms with Gasteiger partial charge in [0.1, 0.15) is 0 Å². The second-order valence-corrected chi connectivity index (χ2v) is 7.10. The van der Waals surface area contributed by atoms with Gasteiger partial charge in [-0.3, -0.25) is 9.59 Å². The van der Waals surface area contributed by atoms with Crippen LogP contribution in [-0.2, 0) is 11.3 Å². The molecule has 126 valence electrons. The van der Waals surface area contributed by atoms with E-state index in [0.29, 0.717) is 5.92 Å². The van der Waals surface area contributed by atoms with E-state index in [9.17, 15) is 9.59 Å². The number of anilines is 1. The van der Waals surface area contributed by atoms with Crippen LogP contribution in [-0.4, -0.2) is 34.8 Å². The van der Waals surface area contributed by atoms with E-state index in [1.165, 1.54) is 12.8 Å². The van der Waals surface area contributed by atoms with Crippen molar-refractivity contribution in [1.82, 2.24) is 15.1 Å². The van der Waals surface area contributed by atoms with E-state index in [2.05, 4.69) is 15.3 Å². The molecule has 3 rings (SSSR count). The maximum atomic E-state index is 12.1. The van der Waals surface area contributed by atoms with Crippen LogP contribution in [0.1, 0.15) is 39.5 Å². The minimum atomic E-state index is -0.00960. The molecule has 0 spiro atoms. The fourth-order valence-electron chi connectivity index (χ4n) is 2.93. The van der Waals surface area contributed by atoms with Crippen molar-refractivity contribution in [1.29, 1.82) is 0 Å². The van der Waals surface area contributed by atoms with Crippen molar-refractivity contribution in [3.05, 3.63) is 22.6 Å². The van der Waals surface area contributed by atoms with Crippen LogP contribution in [0.4, 0.5) is 5.69 Å². The number of hydrogen-bond donors (Lipinski definition) is 1. The van der Waals surface area contributed by atoms with E-state index in [0.717, 1.165) is 38.2 Å². The van der Waals surface area contributed by atoms with Gasteiger partial charge < -0.3 is 10.2 Å². The van der Waals surface area contributed by atoms with Crippen molar-refractivity contribution in [2.24, 2.45) is 11.8 Å². The van der Waals surface area contributed by atoms with Crippen molar-refractivity contribution in [3.63, 3.8) is 0 Å². The quantitative estimate of drug-likeness (QED) is 0.891. The first-order valence-corrected chi connectivity index (χ1v) is 8.65. The fourth-order valence-corrected chi connectivity index (χ4v) is 2.93. The molecule has 2 heterocycles. The minimum Gasteiger partial charge on any atom is -0.370 e. The van der Waals surface area contributed by atoms with Crippen LogP contribution < -0.4 is 15.8 Å². The van der Waals surface area contributed by atoms with Gasteiger partial charge in [0, 0.05) is 37.7 Å². The van der Waals surface area contributed by atoms with E-state index >= 15 is 0 Å². The first-order valence-electron chi connectivity index (χ1n) is 8.65. The minimum absolute atomic E-state index is 0.00960. The maximum absolute atomic E-state index is 12.1. The van der Waals surface area contributed by atoms with Gasteiger partial charge in [0.05, 0.1) is 11.9 Å². The second kappa shape index (κ2) is 6.72. The third-order valence-corrected chi connectivity index (χ3v) is 4.71. The molecule has 6 heteroatoms. The predicted octanol–water partition coefficient (Wildman–Crippen LogP) is 1.39. The molecule has 1 N–H and O–H groups in total. The molecular weight excluding hydrogens is 292 g/mol. The zero-order valence-electron chi connectivity index (χ0n) is 14.0. The summed E-state index contributed by atoms with van der Waals surface area (Å²) in [5.41, 5.74) is 0.889. The van der Waals surface area contributed by atoms with E-state index in [1.807, 2.05) is 13.8 Å². The van der Waals surface area contributed by atoms with E-state index in [-0.39, 0.29) is 23.4 Å². The van der Waals surface area contributed by atoms with Crippen molar-refractivity contribution in [2.45, 2.75) is 52.1 Å². The topological polar surface area (TPSA) is 67.2 Å². The Hall–Kier alpha value is -1.85. The molecule has 0 unspecified atom stereocenters. The Balaban J connectivity index is 1.56. The number of carbonyl (C=O) groups is 1. The lowest BCUT2D eigenvalue weighted by atomic mass is 10.0. The van der Waals surface area contributed by atoms with Gasteiger partial charge in [-0.15, -0.1) is 0 Å². The van der Waals surface area contributed by atoms with Crippen LogP contribution in [0.2, 0.25) is 0 Å². The Kier molecular flexibility index (Phi) is 4.68. The molecule has 1 aliphatic carbocycles. The molecule has 2 aliphatic rings. The number of nitrogens with zero attached hydrogens (tertiary/aromatic N) is 3. The highest BCUT2D eigenvalue weighted by Crippen LogP contribution is 2.29. The third-order valence-electron chi connectivity index (χ3n) is 4.71. The Bertz CT molecular complexity index is 613. The summed E-state index contributed by atoms with van der Waals surface area (Å²) < 4.78 is 1.58. The molecule has 1 saturated heterocycles. The number of amides is 1. The van der Waals surface area contributed by atoms with Crippen LogP contribution in [0.5, 0.6) is 0 Å². The number of hydrogen-bond acceptors (Lipinski definition) is 4. The molecule has 1 aliphatic heterocycles. The second-order valence-electron chi connectivity index (χ2n) is 7.10. The van der Waals surface area contributed by atoms with Gasteiger partial charge in [0.25, 0.3) is 5.56 Å². The first-order chi connectivity index (χ1) is 11.0. The normalized spacial score (nSPS) is 19.2. The van der Waals surface area contributed by atoms with E-state index in [4.69, 9.17) is 0 Å². The van der Waals surface area contributed by atoms with Gasteiger partial charge in [0.2, 0.25) is 5.91 Å². The third kappa shape index (κ3) is 4.12. The van der Waals surface area contributed by atoms with Crippen LogP contribution in [0, 0.1) is 11.8 Å².